The van der Waals surface area contributed by atoms with Gasteiger partial charge in [-0.1, -0.05) is 46.3 Å². The van der Waals surface area contributed by atoms with Crippen LogP contribution in [0, 0.1) is 6.92 Å². The standard InChI is InChI=1S/C18H17BrN4/c1-13-9-15(19)7-8-16(13)23-18-10-17(21-12-22-18)20-11-14-5-3-2-4-6-14/h2-10,12H,11H2,1H3,(H2,20,21,22,23). The molecule has 0 radical (unpaired) electrons. The minimum Gasteiger partial charge on any atom is -0.366 e. The van der Waals surface area contributed by atoms with Crippen LogP contribution in [0.3, 0.4) is 0 Å². The molecule has 3 aromatic rings. The Morgan fingerprint density at radius 3 is 2.52 bits per heavy atom. The van der Waals surface area contributed by atoms with Crippen molar-refractivity contribution in [2.24, 2.45) is 0 Å². The molecule has 0 fully saturated rings. The Balaban J connectivity index is 1.69. The summed E-state index contributed by atoms with van der Waals surface area (Å²) in [6, 6.07) is 18.2. The smallest absolute Gasteiger partial charge is 0.135 e. The third-order valence-corrected chi connectivity index (χ3v) is 3.93. The summed E-state index contributed by atoms with van der Waals surface area (Å²) < 4.78 is 1.06. The van der Waals surface area contributed by atoms with Crippen LogP contribution in [0.25, 0.3) is 0 Å². The highest BCUT2D eigenvalue weighted by Gasteiger charge is 2.03. The molecule has 2 N–H and O–H groups in total. The zero-order valence-electron chi connectivity index (χ0n) is 12.8. The van der Waals surface area contributed by atoms with E-state index in [1.807, 2.05) is 36.4 Å². The predicted octanol–water partition coefficient (Wildman–Crippen LogP) is 4.90. The normalized spacial score (nSPS) is 10.3. The second-order valence-electron chi connectivity index (χ2n) is 5.21. The summed E-state index contributed by atoms with van der Waals surface area (Å²) in [6.07, 6.45) is 1.56. The van der Waals surface area contributed by atoms with E-state index >= 15 is 0 Å². The molecular formula is C18H17BrN4. The Labute approximate surface area is 144 Å². The molecule has 4 nitrogen and oxygen atoms in total. The van der Waals surface area contributed by atoms with Gasteiger partial charge < -0.3 is 10.6 Å². The van der Waals surface area contributed by atoms with Crippen LogP contribution in [0.2, 0.25) is 0 Å². The maximum atomic E-state index is 4.28. The lowest BCUT2D eigenvalue weighted by molar-refractivity contribution is 1.08. The first-order valence-corrected chi connectivity index (χ1v) is 8.13. The van der Waals surface area contributed by atoms with E-state index in [4.69, 9.17) is 0 Å². The van der Waals surface area contributed by atoms with E-state index in [1.54, 1.807) is 6.33 Å². The van der Waals surface area contributed by atoms with Gasteiger partial charge in [0.1, 0.15) is 18.0 Å². The zero-order valence-corrected chi connectivity index (χ0v) is 14.3. The number of nitrogens with one attached hydrogen (secondary N) is 2. The lowest BCUT2D eigenvalue weighted by atomic mass is 10.2. The van der Waals surface area contributed by atoms with Crippen molar-refractivity contribution < 1.29 is 0 Å². The van der Waals surface area contributed by atoms with Crippen LogP contribution in [0.5, 0.6) is 0 Å². The molecule has 1 aromatic heterocycles. The number of aryl methyl sites for hydroxylation is 1. The molecular weight excluding hydrogens is 352 g/mol. The van der Waals surface area contributed by atoms with Gasteiger partial charge in [-0.3, -0.25) is 0 Å². The van der Waals surface area contributed by atoms with Gasteiger partial charge in [-0.2, -0.15) is 0 Å². The van der Waals surface area contributed by atoms with Crippen molar-refractivity contribution in [1.82, 2.24) is 9.97 Å². The van der Waals surface area contributed by atoms with Crippen LogP contribution in [-0.4, -0.2) is 9.97 Å². The van der Waals surface area contributed by atoms with Crippen molar-refractivity contribution in [3.05, 3.63) is 76.5 Å². The second-order valence-corrected chi connectivity index (χ2v) is 6.13. The summed E-state index contributed by atoms with van der Waals surface area (Å²) in [7, 11) is 0. The van der Waals surface area contributed by atoms with E-state index in [-0.39, 0.29) is 0 Å². The minimum atomic E-state index is 0.731. The van der Waals surface area contributed by atoms with Crippen LogP contribution in [0.4, 0.5) is 17.3 Å². The Morgan fingerprint density at radius 2 is 1.74 bits per heavy atom. The summed E-state index contributed by atoms with van der Waals surface area (Å²) in [6.45, 7) is 2.79. The van der Waals surface area contributed by atoms with Gasteiger partial charge in [-0.25, -0.2) is 9.97 Å². The number of hydrogen-bond acceptors (Lipinski definition) is 4. The molecule has 0 aliphatic carbocycles. The van der Waals surface area contributed by atoms with Crippen molar-refractivity contribution in [3.63, 3.8) is 0 Å². The molecule has 0 amide bonds. The van der Waals surface area contributed by atoms with Crippen LogP contribution < -0.4 is 10.6 Å². The highest BCUT2D eigenvalue weighted by Crippen LogP contribution is 2.23. The summed E-state index contributed by atoms with van der Waals surface area (Å²) >= 11 is 3.47. The lowest BCUT2D eigenvalue weighted by Gasteiger charge is -2.11. The molecule has 0 saturated heterocycles. The zero-order chi connectivity index (χ0) is 16.1. The van der Waals surface area contributed by atoms with Crippen LogP contribution in [-0.2, 0) is 6.54 Å². The number of anilines is 3. The van der Waals surface area contributed by atoms with Crippen molar-refractivity contribution in [2.75, 3.05) is 10.6 Å². The molecule has 116 valence electrons. The fourth-order valence-electron chi connectivity index (χ4n) is 2.22. The van der Waals surface area contributed by atoms with Gasteiger partial charge in [-0.05, 0) is 36.2 Å². The molecule has 0 saturated carbocycles. The fraction of sp³-hybridized carbons (Fsp3) is 0.111. The van der Waals surface area contributed by atoms with E-state index in [1.165, 1.54) is 5.56 Å². The van der Waals surface area contributed by atoms with Crippen molar-refractivity contribution in [2.45, 2.75) is 13.5 Å². The van der Waals surface area contributed by atoms with Gasteiger partial charge in [0.05, 0.1) is 0 Å². The van der Waals surface area contributed by atoms with E-state index < -0.39 is 0 Å². The first-order valence-electron chi connectivity index (χ1n) is 7.34. The average molecular weight is 369 g/mol. The van der Waals surface area contributed by atoms with Crippen molar-refractivity contribution >= 4 is 33.3 Å². The number of aromatic nitrogens is 2. The lowest BCUT2D eigenvalue weighted by Crippen LogP contribution is -2.03. The van der Waals surface area contributed by atoms with E-state index in [9.17, 15) is 0 Å². The second kappa shape index (κ2) is 7.24. The van der Waals surface area contributed by atoms with Crippen molar-refractivity contribution in [3.8, 4) is 0 Å². The van der Waals surface area contributed by atoms with E-state index in [2.05, 4.69) is 61.7 Å². The largest absolute Gasteiger partial charge is 0.366 e. The molecule has 3 rings (SSSR count). The molecule has 0 aliphatic heterocycles. The molecule has 0 bridgehead atoms. The average Bonchev–Trinajstić information content (AvgIpc) is 2.57. The first kappa shape index (κ1) is 15.5. The Kier molecular flexibility index (Phi) is 4.88. The van der Waals surface area contributed by atoms with Crippen LogP contribution in [0.15, 0.2) is 65.4 Å². The van der Waals surface area contributed by atoms with Gasteiger partial charge in [-0.15, -0.1) is 0 Å². The van der Waals surface area contributed by atoms with Crippen molar-refractivity contribution in [1.29, 1.82) is 0 Å². The molecule has 0 atom stereocenters. The molecule has 5 heteroatoms. The predicted molar refractivity (Wildman–Crippen MR) is 98.0 cm³/mol. The van der Waals surface area contributed by atoms with Gasteiger partial charge in [0.2, 0.25) is 0 Å². The quantitative estimate of drug-likeness (QED) is 0.672. The molecule has 1 heterocycles. The van der Waals surface area contributed by atoms with E-state index in [0.29, 0.717) is 0 Å². The first-order chi connectivity index (χ1) is 11.2. The summed E-state index contributed by atoms with van der Waals surface area (Å²) in [4.78, 5) is 8.54. The molecule has 0 unspecified atom stereocenters. The Bertz CT molecular complexity index is 790. The van der Waals surface area contributed by atoms with Gasteiger partial charge in [0, 0.05) is 22.8 Å². The fourth-order valence-corrected chi connectivity index (χ4v) is 2.69. The summed E-state index contributed by atoms with van der Waals surface area (Å²) in [5.41, 5.74) is 3.39. The third kappa shape index (κ3) is 4.29. The summed E-state index contributed by atoms with van der Waals surface area (Å²) in [5, 5.41) is 6.64. The highest BCUT2D eigenvalue weighted by atomic mass is 79.9. The highest BCUT2D eigenvalue weighted by molar-refractivity contribution is 9.10. The van der Waals surface area contributed by atoms with Gasteiger partial charge >= 0.3 is 0 Å². The number of nitrogens with zero attached hydrogens (tertiary/aromatic N) is 2. The maximum absolute atomic E-state index is 4.28. The number of halogens is 1. The topological polar surface area (TPSA) is 49.8 Å². The van der Waals surface area contributed by atoms with Gasteiger partial charge in [0.15, 0.2) is 0 Å². The van der Waals surface area contributed by atoms with Gasteiger partial charge in [0.25, 0.3) is 0 Å². The SMILES string of the molecule is Cc1cc(Br)ccc1Nc1cc(NCc2ccccc2)ncn1. The summed E-state index contributed by atoms with van der Waals surface area (Å²) in [5.74, 6) is 1.56. The Hall–Kier alpha value is -2.40. The van der Waals surface area contributed by atoms with Crippen LogP contribution >= 0.6 is 15.9 Å². The molecule has 23 heavy (non-hydrogen) atoms. The number of rotatable bonds is 5. The Morgan fingerprint density at radius 1 is 0.957 bits per heavy atom. The number of benzene rings is 2. The molecule has 0 aliphatic rings. The third-order valence-electron chi connectivity index (χ3n) is 3.43. The van der Waals surface area contributed by atoms with E-state index in [0.717, 1.165) is 33.9 Å². The molecule has 0 spiro atoms. The number of hydrogen-bond donors (Lipinski definition) is 2. The maximum Gasteiger partial charge on any atom is 0.135 e. The molecule has 2 aromatic carbocycles. The van der Waals surface area contributed by atoms with Crippen LogP contribution in [0.1, 0.15) is 11.1 Å². The minimum absolute atomic E-state index is 0.731. The monoisotopic (exact) mass is 368 g/mol.